The summed E-state index contributed by atoms with van der Waals surface area (Å²) in [5, 5.41) is 0. The average molecular weight is 328 g/mol. The maximum Gasteiger partial charge on any atom is 0.252 e. The van der Waals surface area contributed by atoms with Crippen LogP contribution in [0.5, 0.6) is 0 Å². The minimum atomic E-state index is -0.305. The Bertz CT molecular complexity index is 922. The van der Waals surface area contributed by atoms with E-state index < -0.39 is 0 Å². The van der Waals surface area contributed by atoms with Crippen LogP contribution in [0.4, 0.5) is 4.39 Å². The second-order valence-corrected chi connectivity index (χ2v) is 6.38. The summed E-state index contributed by atoms with van der Waals surface area (Å²) in [7, 11) is 1.93. The molecule has 1 amide bonds. The first kappa shape index (κ1) is 15.6. The summed E-state index contributed by atoms with van der Waals surface area (Å²) in [5.41, 5.74) is 3.14. The molecular weight excluding hydrogens is 311 g/mol. The van der Waals surface area contributed by atoms with Gasteiger partial charge in [-0.15, -0.1) is 0 Å². The van der Waals surface area contributed by atoms with Crippen LogP contribution in [0.1, 0.15) is 18.1 Å². The van der Waals surface area contributed by atoms with E-state index in [4.69, 9.17) is 0 Å². The highest BCUT2D eigenvalue weighted by Gasteiger charge is 2.08. The third-order valence-corrected chi connectivity index (χ3v) is 4.87. The van der Waals surface area contributed by atoms with E-state index in [9.17, 15) is 9.18 Å². The molecule has 0 aliphatic heterocycles. The number of thiazole rings is 1. The molecule has 3 nitrogen and oxygen atoms in total. The van der Waals surface area contributed by atoms with Crippen LogP contribution < -0.4 is 4.80 Å². The third kappa shape index (κ3) is 3.24. The molecule has 1 aromatic heterocycles. The zero-order valence-corrected chi connectivity index (χ0v) is 13.9. The first-order valence-electron chi connectivity index (χ1n) is 7.48. The second kappa shape index (κ2) is 6.46. The van der Waals surface area contributed by atoms with Gasteiger partial charge >= 0.3 is 0 Å². The number of para-hydroxylation sites is 1. The molecule has 5 heteroatoms. The number of carbonyl (C=O) groups excluding carboxylic acids is 1. The SMILES string of the molecule is CCc1cccc2sc(=NC(=O)Cc3ccc(F)cc3)n(C)c12. The van der Waals surface area contributed by atoms with Crippen LogP contribution in [-0.4, -0.2) is 10.5 Å². The van der Waals surface area contributed by atoms with Crippen LogP contribution in [0.25, 0.3) is 10.2 Å². The fraction of sp³-hybridized carbons (Fsp3) is 0.222. The average Bonchev–Trinajstić information content (AvgIpc) is 2.86. The highest BCUT2D eigenvalue weighted by atomic mass is 32.1. The first-order chi connectivity index (χ1) is 11.1. The molecule has 0 aliphatic carbocycles. The van der Waals surface area contributed by atoms with E-state index in [1.54, 1.807) is 12.1 Å². The molecule has 0 N–H and O–H groups in total. The highest BCUT2D eigenvalue weighted by molar-refractivity contribution is 7.16. The van der Waals surface area contributed by atoms with Crippen molar-refractivity contribution in [3.8, 4) is 0 Å². The minimum Gasteiger partial charge on any atom is -0.319 e. The smallest absolute Gasteiger partial charge is 0.252 e. The molecule has 0 spiro atoms. The fourth-order valence-electron chi connectivity index (χ4n) is 2.60. The molecule has 0 fully saturated rings. The Morgan fingerprint density at radius 1 is 1.22 bits per heavy atom. The van der Waals surface area contributed by atoms with Gasteiger partial charge < -0.3 is 4.57 Å². The molecule has 0 aliphatic rings. The predicted octanol–water partition coefficient (Wildman–Crippen LogP) is 3.61. The molecule has 0 radical (unpaired) electrons. The Morgan fingerprint density at radius 3 is 2.65 bits per heavy atom. The number of amides is 1. The number of hydrogen-bond acceptors (Lipinski definition) is 2. The normalized spacial score (nSPS) is 12.0. The van der Waals surface area contributed by atoms with Crippen LogP contribution in [0.15, 0.2) is 47.5 Å². The number of halogens is 1. The molecule has 0 saturated carbocycles. The largest absolute Gasteiger partial charge is 0.319 e. The van der Waals surface area contributed by atoms with Gasteiger partial charge in [0.2, 0.25) is 0 Å². The molecular formula is C18H17FN2OS. The van der Waals surface area contributed by atoms with E-state index in [1.807, 2.05) is 23.7 Å². The topological polar surface area (TPSA) is 34.4 Å². The van der Waals surface area contributed by atoms with Gasteiger partial charge in [0, 0.05) is 7.05 Å². The minimum absolute atomic E-state index is 0.176. The van der Waals surface area contributed by atoms with Crippen LogP contribution in [0.2, 0.25) is 0 Å². The number of hydrogen-bond donors (Lipinski definition) is 0. The number of aryl methyl sites for hydroxylation is 2. The molecule has 0 bridgehead atoms. The van der Waals surface area contributed by atoms with Gasteiger partial charge in [0.25, 0.3) is 5.91 Å². The van der Waals surface area contributed by atoms with Crippen molar-refractivity contribution < 1.29 is 9.18 Å². The number of fused-ring (bicyclic) bond motifs is 1. The van der Waals surface area contributed by atoms with Gasteiger partial charge in [-0.3, -0.25) is 4.79 Å². The maximum absolute atomic E-state index is 12.9. The van der Waals surface area contributed by atoms with Gasteiger partial charge in [0.05, 0.1) is 16.6 Å². The van der Waals surface area contributed by atoms with Gasteiger partial charge in [-0.05, 0) is 35.7 Å². The predicted molar refractivity (Wildman–Crippen MR) is 90.8 cm³/mol. The summed E-state index contributed by atoms with van der Waals surface area (Å²) >= 11 is 1.51. The first-order valence-corrected chi connectivity index (χ1v) is 8.29. The summed E-state index contributed by atoms with van der Waals surface area (Å²) in [6.45, 7) is 2.11. The molecule has 23 heavy (non-hydrogen) atoms. The van der Waals surface area contributed by atoms with Crippen LogP contribution in [0, 0.1) is 5.82 Å². The van der Waals surface area contributed by atoms with Crippen molar-refractivity contribution in [1.82, 2.24) is 4.57 Å². The lowest BCUT2D eigenvalue weighted by Gasteiger charge is -2.02. The Labute approximate surface area is 137 Å². The van der Waals surface area contributed by atoms with E-state index in [0.717, 1.165) is 22.2 Å². The molecule has 0 unspecified atom stereocenters. The quantitative estimate of drug-likeness (QED) is 0.723. The molecule has 0 atom stereocenters. The van der Waals surface area contributed by atoms with Gasteiger partial charge in [-0.25, -0.2) is 4.39 Å². The summed E-state index contributed by atoms with van der Waals surface area (Å²) in [4.78, 5) is 17.1. The maximum atomic E-state index is 12.9. The van der Waals surface area contributed by atoms with E-state index >= 15 is 0 Å². The standard InChI is InChI=1S/C18H17FN2OS/c1-3-13-5-4-6-15-17(13)21(2)18(23-15)20-16(22)11-12-7-9-14(19)10-8-12/h4-10H,3,11H2,1-2H3. The van der Waals surface area contributed by atoms with Crippen molar-refractivity contribution in [3.63, 3.8) is 0 Å². The molecule has 1 heterocycles. The summed E-state index contributed by atoms with van der Waals surface area (Å²) < 4.78 is 16.0. The van der Waals surface area contributed by atoms with E-state index in [0.29, 0.717) is 4.80 Å². The molecule has 2 aromatic carbocycles. The lowest BCUT2D eigenvalue weighted by Crippen LogP contribution is -2.14. The van der Waals surface area contributed by atoms with Crippen LogP contribution in [0.3, 0.4) is 0 Å². The second-order valence-electron chi connectivity index (χ2n) is 5.37. The lowest BCUT2D eigenvalue weighted by molar-refractivity contribution is -0.117. The fourth-order valence-corrected chi connectivity index (χ4v) is 3.68. The van der Waals surface area contributed by atoms with Crippen molar-refractivity contribution in [2.75, 3.05) is 0 Å². The molecule has 0 saturated heterocycles. The van der Waals surface area contributed by atoms with Crippen LogP contribution in [-0.2, 0) is 24.7 Å². The van der Waals surface area contributed by atoms with Crippen molar-refractivity contribution >= 4 is 27.5 Å². The zero-order valence-electron chi connectivity index (χ0n) is 13.0. The van der Waals surface area contributed by atoms with Crippen molar-refractivity contribution in [1.29, 1.82) is 0 Å². The van der Waals surface area contributed by atoms with Gasteiger partial charge in [0.15, 0.2) is 4.80 Å². The Hall–Kier alpha value is -2.27. The molecule has 3 aromatic rings. The number of benzene rings is 2. The lowest BCUT2D eigenvalue weighted by atomic mass is 10.1. The number of aromatic nitrogens is 1. The van der Waals surface area contributed by atoms with Crippen molar-refractivity contribution in [2.24, 2.45) is 12.0 Å². The summed E-state index contributed by atoms with van der Waals surface area (Å²) in [5.74, 6) is -0.530. The number of rotatable bonds is 3. The van der Waals surface area contributed by atoms with Gasteiger partial charge in [0.1, 0.15) is 5.82 Å². The van der Waals surface area contributed by atoms with E-state index in [-0.39, 0.29) is 18.1 Å². The Morgan fingerprint density at radius 2 is 1.96 bits per heavy atom. The highest BCUT2D eigenvalue weighted by Crippen LogP contribution is 2.21. The third-order valence-electron chi connectivity index (χ3n) is 3.78. The number of carbonyl (C=O) groups is 1. The van der Waals surface area contributed by atoms with Crippen molar-refractivity contribution in [2.45, 2.75) is 19.8 Å². The Balaban J connectivity index is 1.96. The van der Waals surface area contributed by atoms with Crippen molar-refractivity contribution in [3.05, 3.63) is 64.2 Å². The van der Waals surface area contributed by atoms with Gasteiger partial charge in [-0.1, -0.05) is 42.5 Å². The van der Waals surface area contributed by atoms with E-state index in [2.05, 4.69) is 18.0 Å². The zero-order chi connectivity index (χ0) is 16.4. The Kier molecular flexibility index (Phi) is 4.39. The molecule has 3 rings (SSSR count). The number of nitrogens with zero attached hydrogens (tertiary/aromatic N) is 2. The summed E-state index contributed by atoms with van der Waals surface area (Å²) in [6.07, 6.45) is 1.11. The monoisotopic (exact) mass is 328 g/mol. The molecule has 118 valence electrons. The van der Waals surface area contributed by atoms with Gasteiger partial charge in [-0.2, -0.15) is 4.99 Å². The van der Waals surface area contributed by atoms with Crippen LogP contribution >= 0.6 is 11.3 Å². The summed E-state index contributed by atoms with van der Waals surface area (Å²) in [6, 6.07) is 12.1. The van der Waals surface area contributed by atoms with E-state index in [1.165, 1.54) is 29.0 Å².